The maximum atomic E-state index is 12.0. The quantitative estimate of drug-likeness (QED) is 0.898. The fourth-order valence-corrected chi connectivity index (χ4v) is 2.33. The first-order chi connectivity index (χ1) is 9.02. The van der Waals surface area contributed by atoms with Gasteiger partial charge < -0.3 is 14.7 Å². The number of likely N-dealkylation sites (tertiary alicyclic amines) is 1. The highest BCUT2D eigenvalue weighted by Crippen LogP contribution is 2.21. The fourth-order valence-electron chi connectivity index (χ4n) is 2.33. The maximum absolute atomic E-state index is 12.0. The van der Waals surface area contributed by atoms with Crippen molar-refractivity contribution in [3.8, 4) is 5.75 Å². The van der Waals surface area contributed by atoms with Gasteiger partial charge in [-0.1, -0.05) is 25.1 Å². The van der Waals surface area contributed by atoms with E-state index in [1.165, 1.54) is 0 Å². The predicted molar refractivity (Wildman–Crippen MR) is 73.1 cm³/mol. The molecule has 4 heteroatoms. The molecule has 1 aliphatic rings. The van der Waals surface area contributed by atoms with Crippen molar-refractivity contribution in [1.29, 1.82) is 0 Å². The van der Waals surface area contributed by atoms with Crippen LogP contribution in [0.1, 0.15) is 25.8 Å². The summed E-state index contributed by atoms with van der Waals surface area (Å²) in [5.41, 5.74) is 0.348. The summed E-state index contributed by atoms with van der Waals surface area (Å²) in [7, 11) is 0. The second-order valence-electron chi connectivity index (χ2n) is 5.31. The lowest BCUT2D eigenvalue weighted by Crippen LogP contribution is -2.36. The molecule has 0 unspecified atom stereocenters. The number of carbonyl (C=O) groups is 1. The Kier molecular flexibility index (Phi) is 4.10. The third-order valence-electron chi connectivity index (χ3n) is 3.51. The van der Waals surface area contributed by atoms with Gasteiger partial charge in [0.1, 0.15) is 5.75 Å². The standard InChI is InChI=1S/C15H21NO3/c1-3-12-6-4-5-7-13(12)19-10-14(17)16-9-8-15(2,18)11-16/h4-7,18H,3,8-11H2,1-2H3/t15-/m1/s1. The highest BCUT2D eigenvalue weighted by atomic mass is 16.5. The largest absolute Gasteiger partial charge is 0.483 e. The lowest BCUT2D eigenvalue weighted by atomic mass is 10.1. The van der Waals surface area contributed by atoms with Gasteiger partial charge in [-0.15, -0.1) is 0 Å². The summed E-state index contributed by atoms with van der Waals surface area (Å²) in [5, 5.41) is 9.85. The number of rotatable bonds is 4. The minimum atomic E-state index is -0.753. The van der Waals surface area contributed by atoms with Crippen molar-refractivity contribution in [2.24, 2.45) is 0 Å². The molecule has 0 bridgehead atoms. The van der Waals surface area contributed by atoms with Gasteiger partial charge >= 0.3 is 0 Å². The maximum Gasteiger partial charge on any atom is 0.260 e. The molecule has 4 nitrogen and oxygen atoms in total. The monoisotopic (exact) mass is 263 g/mol. The second-order valence-corrected chi connectivity index (χ2v) is 5.31. The zero-order valence-corrected chi connectivity index (χ0v) is 11.6. The Balaban J connectivity index is 1.90. The minimum Gasteiger partial charge on any atom is -0.483 e. The zero-order valence-electron chi connectivity index (χ0n) is 11.6. The smallest absolute Gasteiger partial charge is 0.260 e. The van der Waals surface area contributed by atoms with Crippen LogP contribution in [-0.4, -0.2) is 41.2 Å². The highest BCUT2D eigenvalue weighted by Gasteiger charge is 2.33. The summed E-state index contributed by atoms with van der Waals surface area (Å²) in [6, 6.07) is 7.75. The Morgan fingerprint density at radius 1 is 1.47 bits per heavy atom. The number of hydrogen-bond acceptors (Lipinski definition) is 3. The molecule has 0 aliphatic carbocycles. The molecule has 2 rings (SSSR count). The number of benzene rings is 1. The first-order valence-corrected chi connectivity index (χ1v) is 6.73. The molecule has 104 valence electrons. The molecular formula is C15H21NO3. The summed E-state index contributed by atoms with van der Waals surface area (Å²) in [6.45, 7) is 4.84. The minimum absolute atomic E-state index is 0.0348. The third kappa shape index (κ3) is 3.47. The number of para-hydroxylation sites is 1. The Morgan fingerprint density at radius 3 is 2.84 bits per heavy atom. The van der Waals surface area contributed by atoms with E-state index in [-0.39, 0.29) is 12.5 Å². The van der Waals surface area contributed by atoms with Crippen LogP contribution in [0.25, 0.3) is 0 Å². The van der Waals surface area contributed by atoms with Gasteiger partial charge in [0.2, 0.25) is 0 Å². The molecule has 1 aromatic rings. The van der Waals surface area contributed by atoms with E-state index in [9.17, 15) is 9.90 Å². The van der Waals surface area contributed by atoms with E-state index in [4.69, 9.17) is 4.74 Å². The molecule has 0 saturated carbocycles. The number of nitrogens with zero attached hydrogens (tertiary/aromatic N) is 1. The number of amides is 1. The summed E-state index contributed by atoms with van der Waals surface area (Å²) in [4.78, 5) is 13.7. The summed E-state index contributed by atoms with van der Waals surface area (Å²) in [5.74, 6) is 0.702. The van der Waals surface area contributed by atoms with Crippen LogP contribution in [0.4, 0.5) is 0 Å². The predicted octanol–water partition coefficient (Wildman–Crippen LogP) is 1.61. The number of β-amino-alcohol motifs (C(OH)–C–C–N with tert-alkyl or cyclic N) is 1. The van der Waals surface area contributed by atoms with Crippen molar-refractivity contribution in [2.75, 3.05) is 19.7 Å². The average molecular weight is 263 g/mol. The molecule has 1 aliphatic heterocycles. The van der Waals surface area contributed by atoms with Crippen LogP contribution >= 0.6 is 0 Å². The Labute approximate surface area is 114 Å². The fraction of sp³-hybridized carbons (Fsp3) is 0.533. The third-order valence-corrected chi connectivity index (χ3v) is 3.51. The van der Waals surface area contributed by atoms with Crippen molar-refractivity contribution in [1.82, 2.24) is 4.90 Å². The Hall–Kier alpha value is -1.55. The van der Waals surface area contributed by atoms with Crippen LogP contribution < -0.4 is 4.74 Å². The van der Waals surface area contributed by atoms with Crippen molar-refractivity contribution in [3.05, 3.63) is 29.8 Å². The normalized spacial score (nSPS) is 22.6. The zero-order chi connectivity index (χ0) is 13.9. The van der Waals surface area contributed by atoms with Crippen molar-refractivity contribution in [3.63, 3.8) is 0 Å². The number of hydrogen-bond donors (Lipinski definition) is 1. The SMILES string of the molecule is CCc1ccccc1OCC(=O)N1CC[C@@](C)(O)C1. The summed E-state index contributed by atoms with van der Waals surface area (Å²) in [6.07, 6.45) is 1.51. The molecule has 1 atom stereocenters. The van der Waals surface area contributed by atoms with E-state index in [2.05, 4.69) is 6.92 Å². The van der Waals surface area contributed by atoms with E-state index in [1.54, 1.807) is 11.8 Å². The van der Waals surface area contributed by atoms with Gasteiger partial charge in [0.25, 0.3) is 5.91 Å². The molecule has 0 spiro atoms. The Morgan fingerprint density at radius 2 is 2.21 bits per heavy atom. The van der Waals surface area contributed by atoms with Gasteiger partial charge in [0.15, 0.2) is 6.61 Å². The van der Waals surface area contributed by atoms with Gasteiger partial charge in [-0.3, -0.25) is 4.79 Å². The van der Waals surface area contributed by atoms with Gasteiger partial charge in [0, 0.05) is 13.1 Å². The van der Waals surface area contributed by atoms with E-state index in [1.807, 2.05) is 24.3 Å². The lowest BCUT2D eigenvalue weighted by molar-refractivity contribution is -0.133. The average Bonchev–Trinajstić information content (AvgIpc) is 2.76. The van der Waals surface area contributed by atoms with Gasteiger partial charge in [-0.2, -0.15) is 0 Å². The van der Waals surface area contributed by atoms with E-state index in [0.29, 0.717) is 19.5 Å². The van der Waals surface area contributed by atoms with E-state index in [0.717, 1.165) is 17.7 Å². The first-order valence-electron chi connectivity index (χ1n) is 6.73. The second kappa shape index (κ2) is 5.61. The highest BCUT2D eigenvalue weighted by molar-refractivity contribution is 5.78. The van der Waals surface area contributed by atoms with Crippen molar-refractivity contribution >= 4 is 5.91 Å². The number of ether oxygens (including phenoxy) is 1. The van der Waals surface area contributed by atoms with Gasteiger partial charge in [0.05, 0.1) is 5.60 Å². The van der Waals surface area contributed by atoms with Crippen LogP contribution in [0.5, 0.6) is 5.75 Å². The Bertz CT molecular complexity index is 456. The van der Waals surface area contributed by atoms with Crippen LogP contribution in [0.2, 0.25) is 0 Å². The molecule has 1 saturated heterocycles. The van der Waals surface area contributed by atoms with E-state index >= 15 is 0 Å². The van der Waals surface area contributed by atoms with Crippen molar-refractivity contribution in [2.45, 2.75) is 32.3 Å². The van der Waals surface area contributed by atoms with Gasteiger partial charge in [-0.25, -0.2) is 0 Å². The van der Waals surface area contributed by atoms with Crippen LogP contribution in [-0.2, 0) is 11.2 Å². The molecule has 1 fully saturated rings. The van der Waals surface area contributed by atoms with Crippen LogP contribution in [0, 0.1) is 0 Å². The van der Waals surface area contributed by atoms with Crippen LogP contribution in [0.15, 0.2) is 24.3 Å². The number of aliphatic hydroxyl groups is 1. The summed E-state index contributed by atoms with van der Waals surface area (Å²) < 4.78 is 5.60. The molecular weight excluding hydrogens is 242 g/mol. The topological polar surface area (TPSA) is 49.8 Å². The molecule has 1 heterocycles. The lowest BCUT2D eigenvalue weighted by Gasteiger charge is -2.19. The molecule has 19 heavy (non-hydrogen) atoms. The molecule has 0 aromatic heterocycles. The van der Waals surface area contributed by atoms with Crippen LogP contribution in [0.3, 0.4) is 0 Å². The van der Waals surface area contributed by atoms with E-state index < -0.39 is 5.60 Å². The van der Waals surface area contributed by atoms with Gasteiger partial charge in [-0.05, 0) is 31.4 Å². The summed E-state index contributed by atoms with van der Waals surface area (Å²) >= 11 is 0. The van der Waals surface area contributed by atoms with Crippen molar-refractivity contribution < 1.29 is 14.6 Å². The molecule has 0 radical (unpaired) electrons. The molecule has 1 N–H and O–H groups in total. The molecule has 1 amide bonds. The first kappa shape index (κ1) is 13.9. The number of aryl methyl sites for hydroxylation is 1. The molecule has 1 aromatic carbocycles. The number of carbonyl (C=O) groups excluding carboxylic acids is 1.